The molecular weight excluding hydrogens is 306 g/mol. The van der Waals surface area contributed by atoms with Crippen LogP contribution in [0.1, 0.15) is 23.7 Å². The van der Waals surface area contributed by atoms with Crippen molar-refractivity contribution in [2.75, 3.05) is 11.9 Å². The highest BCUT2D eigenvalue weighted by Gasteiger charge is 2.08. The standard InChI is InChI=1S/C17H17N5O2/c1-2-10-24-16-5-3-4-13(11-16)17(23)19-14-6-8-15(9-7-14)22-12-18-20-21-22/h3-9,11-12H,2,10H2,1H3,(H,19,23). The molecule has 0 bridgehead atoms. The van der Waals surface area contributed by atoms with Crippen LogP contribution in [0.5, 0.6) is 5.75 Å². The third kappa shape index (κ3) is 3.75. The lowest BCUT2D eigenvalue weighted by Crippen LogP contribution is -2.12. The number of aromatic nitrogens is 4. The van der Waals surface area contributed by atoms with Crippen LogP contribution in [0.15, 0.2) is 54.9 Å². The molecule has 7 nitrogen and oxygen atoms in total. The third-order valence-corrected chi connectivity index (χ3v) is 3.31. The molecule has 2 aromatic carbocycles. The fourth-order valence-corrected chi connectivity index (χ4v) is 2.13. The van der Waals surface area contributed by atoms with E-state index in [1.54, 1.807) is 35.0 Å². The second-order valence-electron chi connectivity index (χ2n) is 5.13. The van der Waals surface area contributed by atoms with Gasteiger partial charge >= 0.3 is 0 Å². The van der Waals surface area contributed by atoms with Gasteiger partial charge in [-0.1, -0.05) is 13.0 Å². The Bertz CT molecular complexity index is 800. The van der Waals surface area contributed by atoms with Gasteiger partial charge in [0.1, 0.15) is 12.1 Å². The summed E-state index contributed by atoms with van der Waals surface area (Å²) in [4.78, 5) is 12.3. The largest absolute Gasteiger partial charge is 0.494 e. The first-order chi connectivity index (χ1) is 11.8. The van der Waals surface area contributed by atoms with E-state index < -0.39 is 0 Å². The van der Waals surface area contributed by atoms with Crippen molar-refractivity contribution in [2.24, 2.45) is 0 Å². The maximum atomic E-state index is 12.3. The van der Waals surface area contributed by atoms with Crippen LogP contribution in [0.3, 0.4) is 0 Å². The van der Waals surface area contributed by atoms with Crippen molar-refractivity contribution in [1.82, 2.24) is 20.2 Å². The molecule has 0 aliphatic rings. The zero-order valence-corrected chi connectivity index (χ0v) is 13.2. The molecule has 0 radical (unpaired) electrons. The lowest BCUT2D eigenvalue weighted by molar-refractivity contribution is 0.102. The number of ether oxygens (including phenoxy) is 1. The van der Waals surface area contributed by atoms with Crippen molar-refractivity contribution in [3.8, 4) is 11.4 Å². The molecule has 1 heterocycles. The molecule has 3 rings (SSSR count). The zero-order chi connectivity index (χ0) is 16.8. The topological polar surface area (TPSA) is 81.9 Å². The quantitative estimate of drug-likeness (QED) is 0.754. The fourth-order valence-electron chi connectivity index (χ4n) is 2.13. The number of nitrogens with zero attached hydrogens (tertiary/aromatic N) is 4. The van der Waals surface area contributed by atoms with Gasteiger partial charge in [-0.2, -0.15) is 0 Å². The van der Waals surface area contributed by atoms with Crippen LogP contribution >= 0.6 is 0 Å². The molecule has 122 valence electrons. The molecule has 1 amide bonds. The second-order valence-corrected chi connectivity index (χ2v) is 5.13. The highest BCUT2D eigenvalue weighted by atomic mass is 16.5. The highest BCUT2D eigenvalue weighted by Crippen LogP contribution is 2.17. The summed E-state index contributed by atoms with van der Waals surface area (Å²) in [5, 5.41) is 13.9. The first-order valence-corrected chi connectivity index (χ1v) is 7.64. The molecule has 0 saturated carbocycles. The van der Waals surface area contributed by atoms with Gasteiger partial charge in [-0.25, -0.2) is 4.68 Å². The van der Waals surface area contributed by atoms with Gasteiger partial charge in [-0.3, -0.25) is 4.79 Å². The molecule has 0 atom stereocenters. The molecule has 24 heavy (non-hydrogen) atoms. The van der Waals surface area contributed by atoms with E-state index in [-0.39, 0.29) is 5.91 Å². The number of hydrogen-bond donors (Lipinski definition) is 1. The van der Waals surface area contributed by atoms with Crippen LogP contribution in [0, 0.1) is 0 Å². The Labute approximate surface area is 139 Å². The van der Waals surface area contributed by atoms with Crippen molar-refractivity contribution in [3.05, 3.63) is 60.4 Å². The average molecular weight is 323 g/mol. The second kappa shape index (κ2) is 7.36. The van der Waals surface area contributed by atoms with Crippen LogP contribution in [0.25, 0.3) is 5.69 Å². The molecular formula is C17H17N5O2. The van der Waals surface area contributed by atoms with Crippen LogP contribution in [-0.2, 0) is 0 Å². The number of rotatable bonds is 6. The first-order valence-electron chi connectivity index (χ1n) is 7.64. The minimum Gasteiger partial charge on any atom is -0.494 e. The van der Waals surface area contributed by atoms with Gasteiger partial charge < -0.3 is 10.1 Å². The van der Waals surface area contributed by atoms with Crippen molar-refractivity contribution < 1.29 is 9.53 Å². The van der Waals surface area contributed by atoms with Crippen molar-refractivity contribution in [2.45, 2.75) is 13.3 Å². The van der Waals surface area contributed by atoms with E-state index in [1.165, 1.54) is 6.33 Å². The number of carbonyl (C=O) groups excluding carboxylic acids is 1. The Morgan fingerprint density at radius 2 is 2.04 bits per heavy atom. The molecule has 0 aliphatic heterocycles. The van der Waals surface area contributed by atoms with E-state index >= 15 is 0 Å². The van der Waals surface area contributed by atoms with E-state index in [9.17, 15) is 4.79 Å². The Morgan fingerprint density at radius 1 is 1.21 bits per heavy atom. The number of nitrogens with one attached hydrogen (secondary N) is 1. The maximum Gasteiger partial charge on any atom is 0.255 e. The number of tetrazole rings is 1. The molecule has 0 unspecified atom stereocenters. The van der Waals surface area contributed by atoms with Gasteiger partial charge in [-0.05, 0) is 59.3 Å². The maximum absolute atomic E-state index is 12.3. The van der Waals surface area contributed by atoms with Crippen LogP contribution in [0.2, 0.25) is 0 Å². The average Bonchev–Trinajstić information content (AvgIpc) is 3.15. The minimum absolute atomic E-state index is 0.188. The number of anilines is 1. The third-order valence-electron chi connectivity index (χ3n) is 3.31. The summed E-state index contributed by atoms with van der Waals surface area (Å²) in [5.74, 6) is 0.505. The molecule has 0 fully saturated rings. The van der Waals surface area contributed by atoms with Gasteiger partial charge in [0.25, 0.3) is 5.91 Å². The Balaban J connectivity index is 1.68. The van der Waals surface area contributed by atoms with E-state index in [0.717, 1.165) is 12.1 Å². The van der Waals surface area contributed by atoms with E-state index in [1.807, 2.05) is 25.1 Å². The van der Waals surface area contributed by atoms with Gasteiger partial charge in [-0.15, -0.1) is 5.10 Å². The zero-order valence-electron chi connectivity index (χ0n) is 13.2. The van der Waals surface area contributed by atoms with Crippen molar-refractivity contribution in [1.29, 1.82) is 0 Å². The van der Waals surface area contributed by atoms with Crippen LogP contribution in [-0.4, -0.2) is 32.7 Å². The number of benzene rings is 2. The van der Waals surface area contributed by atoms with Gasteiger partial charge in [0, 0.05) is 11.3 Å². The normalized spacial score (nSPS) is 10.4. The molecule has 7 heteroatoms. The van der Waals surface area contributed by atoms with Gasteiger partial charge in [0.15, 0.2) is 0 Å². The summed E-state index contributed by atoms with van der Waals surface area (Å²) >= 11 is 0. The predicted octanol–water partition coefficient (Wildman–Crippen LogP) is 2.70. The summed E-state index contributed by atoms with van der Waals surface area (Å²) in [7, 11) is 0. The van der Waals surface area contributed by atoms with E-state index in [4.69, 9.17) is 4.74 Å². The Hall–Kier alpha value is -3.22. The lowest BCUT2D eigenvalue weighted by atomic mass is 10.2. The minimum atomic E-state index is -0.188. The lowest BCUT2D eigenvalue weighted by Gasteiger charge is -2.08. The Kier molecular flexibility index (Phi) is 4.81. The molecule has 3 aromatic rings. The Morgan fingerprint density at radius 3 is 2.75 bits per heavy atom. The van der Waals surface area contributed by atoms with Gasteiger partial charge in [0.2, 0.25) is 0 Å². The summed E-state index contributed by atoms with van der Waals surface area (Å²) in [6, 6.07) is 14.4. The summed E-state index contributed by atoms with van der Waals surface area (Å²) in [6.07, 6.45) is 2.43. The van der Waals surface area contributed by atoms with Crippen molar-refractivity contribution >= 4 is 11.6 Å². The van der Waals surface area contributed by atoms with Gasteiger partial charge in [0.05, 0.1) is 12.3 Å². The monoisotopic (exact) mass is 323 g/mol. The van der Waals surface area contributed by atoms with Crippen LogP contribution < -0.4 is 10.1 Å². The fraction of sp³-hybridized carbons (Fsp3) is 0.176. The molecule has 1 N–H and O–H groups in total. The van der Waals surface area contributed by atoms with E-state index in [0.29, 0.717) is 23.6 Å². The summed E-state index contributed by atoms with van der Waals surface area (Å²) in [6.45, 7) is 2.67. The SMILES string of the molecule is CCCOc1cccc(C(=O)Nc2ccc(-n3cnnn3)cc2)c1. The number of hydrogen-bond acceptors (Lipinski definition) is 5. The summed E-state index contributed by atoms with van der Waals surface area (Å²) < 4.78 is 7.09. The summed E-state index contributed by atoms with van der Waals surface area (Å²) in [5.41, 5.74) is 2.05. The predicted molar refractivity (Wildman–Crippen MR) is 89.3 cm³/mol. The number of amides is 1. The highest BCUT2D eigenvalue weighted by molar-refractivity contribution is 6.04. The number of carbonyl (C=O) groups is 1. The smallest absolute Gasteiger partial charge is 0.255 e. The molecule has 0 aliphatic carbocycles. The first kappa shape index (κ1) is 15.7. The van der Waals surface area contributed by atoms with E-state index in [2.05, 4.69) is 20.8 Å². The van der Waals surface area contributed by atoms with Crippen molar-refractivity contribution in [3.63, 3.8) is 0 Å². The molecule has 1 aromatic heterocycles. The molecule has 0 saturated heterocycles. The molecule has 0 spiro atoms. The van der Waals surface area contributed by atoms with Crippen LogP contribution in [0.4, 0.5) is 5.69 Å².